The number of esters is 1. The fourth-order valence-corrected chi connectivity index (χ4v) is 5.72. The Balaban J connectivity index is 2.03. The predicted octanol–water partition coefficient (Wildman–Crippen LogP) is 4.06. The van der Waals surface area contributed by atoms with Crippen molar-refractivity contribution in [3.8, 4) is 0 Å². The van der Waals surface area contributed by atoms with Crippen LogP contribution in [-0.2, 0) is 14.3 Å². The molecule has 3 fully saturated rings. The Bertz CT molecular complexity index is 533. The van der Waals surface area contributed by atoms with E-state index in [1.165, 1.54) is 6.42 Å². The van der Waals surface area contributed by atoms with Crippen molar-refractivity contribution < 1.29 is 14.3 Å². The summed E-state index contributed by atoms with van der Waals surface area (Å²) >= 11 is 0. The molecule has 3 rings (SSSR count). The molecule has 0 radical (unpaired) electrons. The molecule has 0 amide bonds. The molecule has 0 aromatic heterocycles. The van der Waals surface area contributed by atoms with Gasteiger partial charge in [-0.25, -0.2) is 0 Å². The van der Waals surface area contributed by atoms with Crippen molar-refractivity contribution in [1.82, 2.24) is 0 Å². The average Bonchev–Trinajstić information content (AvgIpc) is 2.55. The van der Waals surface area contributed by atoms with Crippen LogP contribution in [0.1, 0.15) is 66.2 Å². The highest BCUT2D eigenvalue weighted by Crippen LogP contribution is 2.67. The number of rotatable bonds is 3. The summed E-state index contributed by atoms with van der Waals surface area (Å²) in [6.45, 7) is 8.57. The molecule has 122 valence electrons. The normalized spacial score (nSPS) is 43.5. The van der Waals surface area contributed by atoms with E-state index in [0.717, 1.165) is 44.0 Å². The minimum Gasteiger partial charge on any atom is -0.459 e. The number of hydrogen-bond acceptors (Lipinski definition) is 3. The van der Waals surface area contributed by atoms with Crippen molar-refractivity contribution in [2.45, 2.75) is 71.8 Å². The molecule has 4 atom stereocenters. The Morgan fingerprint density at radius 1 is 1.27 bits per heavy atom. The summed E-state index contributed by atoms with van der Waals surface area (Å²) in [6.07, 6.45) is 8.96. The van der Waals surface area contributed by atoms with Gasteiger partial charge in [0.1, 0.15) is 11.9 Å². The fourth-order valence-electron chi connectivity index (χ4n) is 5.72. The lowest BCUT2D eigenvalue weighted by Crippen LogP contribution is -2.55. The Morgan fingerprint density at radius 3 is 2.68 bits per heavy atom. The first kappa shape index (κ1) is 15.8. The molecule has 1 spiro atoms. The van der Waals surface area contributed by atoms with Crippen molar-refractivity contribution in [2.24, 2.45) is 22.7 Å². The first-order valence-corrected chi connectivity index (χ1v) is 8.62. The maximum atomic E-state index is 12.9. The lowest BCUT2D eigenvalue weighted by Gasteiger charge is -2.55. The molecule has 3 heteroatoms. The maximum Gasteiger partial charge on any atom is 0.313 e. The molecule has 2 bridgehead atoms. The van der Waals surface area contributed by atoms with E-state index in [2.05, 4.69) is 20.8 Å². The third-order valence-electron chi connectivity index (χ3n) is 6.83. The highest BCUT2D eigenvalue weighted by molar-refractivity contribution is 5.82. The number of allylic oxidation sites excluding steroid dienone is 2. The average molecular weight is 304 g/mol. The van der Waals surface area contributed by atoms with Crippen LogP contribution in [0.2, 0.25) is 0 Å². The smallest absolute Gasteiger partial charge is 0.313 e. The Hall–Kier alpha value is -1.12. The fraction of sp³-hybridized carbons (Fsp3) is 0.789. The van der Waals surface area contributed by atoms with Gasteiger partial charge in [-0.2, -0.15) is 0 Å². The lowest BCUT2D eigenvalue weighted by molar-refractivity contribution is -0.156. The molecule has 3 aliphatic rings. The number of aldehydes is 1. The summed E-state index contributed by atoms with van der Waals surface area (Å²) in [5.41, 5.74) is 0.281. The Morgan fingerprint density at radius 2 is 2.00 bits per heavy atom. The molecule has 0 aromatic rings. The number of ether oxygens (including phenoxy) is 1. The standard InChI is InChI=1S/C19H28O3/c1-13(12-20)6-7-15-18(4)11-8-14-17(2,3)9-5-10-19(14,15)16(21)22-18/h6,12,14-15H,5,7-11H2,1-4H3/b13-6+/t14-,15-,18-,19+/m0/s1. The molecule has 22 heavy (non-hydrogen) atoms. The molecule has 1 heterocycles. The van der Waals surface area contributed by atoms with E-state index in [1.54, 1.807) is 0 Å². The molecular formula is C19H28O3. The SMILES string of the molecule is C/C(C=O)=C\C[C@@H]1[C@@]23CCCC(C)(C)[C@@H]2CC[C@]1(C)OC3=O. The number of hydrogen-bond donors (Lipinski definition) is 0. The van der Waals surface area contributed by atoms with Gasteiger partial charge >= 0.3 is 5.97 Å². The topological polar surface area (TPSA) is 43.4 Å². The molecule has 0 unspecified atom stereocenters. The zero-order chi connectivity index (χ0) is 16.2. The second-order valence-corrected chi connectivity index (χ2v) is 8.53. The van der Waals surface area contributed by atoms with Crippen molar-refractivity contribution in [3.05, 3.63) is 11.6 Å². The summed E-state index contributed by atoms with van der Waals surface area (Å²) < 4.78 is 5.95. The first-order valence-electron chi connectivity index (χ1n) is 8.62. The third kappa shape index (κ3) is 2.00. The van der Waals surface area contributed by atoms with Crippen LogP contribution >= 0.6 is 0 Å². The van der Waals surface area contributed by atoms with Gasteiger partial charge in [-0.15, -0.1) is 0 Å². The van der Waals surface area contributed by atoms with Crippen molar-refractivity contribution in [3.63, 3.8) is 0 Å². The van der Waals surface area contributed by atoms with Gasteiger partial charge in [0, 0.05) is 5.92 Å². The summed E-state index contributed by atoms with van der Waals surface area (Å²) in [6, 6.07) is 0. The predicted molar refractivity (Wildman–Crippen MR) is 85.2 cm³/mol. The highest BCUT2D eigenvalue weighted by Gasteiger charge is 2.70. The molecule has 0 aromatic carbocycles. The van der Waals surface area contributed by atoms with E-state index in [9.17, 15) is 9.59 Å². The number of carbonyl (C=O) groups is 2. The maximum absolute atomic E-state index is 12.9. The summed E-state index contributed by atoms with van der Waals surface area (Å²) in [4.78, 5) is 23.8. The van der Waals surface area contributed by atoms with Gasteiger partial charge in [0.15, 0.2) is 0 Å². The van der Waals surface area contributed by atoms with E-state index in [0.29, 0.717) is 5.92 Å². The van der Waals surface area contributed by atoms with Gasteiger partial charge in [0.05, 0.1) is 5.41 Å². The lowest BCUT2D eigenvalue weighted by atomic mass is 9.46. The van der Waals surface area contributed by atoms with Gasteiger partial charge in [-0.3, -0.25) is 9.59 Å². The van der Waals surface area contributed by atoms with Crippen LogP contribution in [-0.4, -0.2) is 17.9 Å². The van der Waals surface area contributed by atoms with Crippen LogP contribution in [0.4, 0.5) is 0 Å². The minimum absolute atomic E-state index is 0.0347. The van der Waals surface area contributed by atoms with Crippen LogP contribution in [0.25, 0.3) is 0 Å². The van der Waals surface area contributed by atoms with Gasteiger partial charge in [-0.05, 0) is 62.9 Å². The van der Waals surface area contributed by atoms with Crippen molar-refractivity contribution in [2.75, 3.05) is 0 Å². The zero-order valence-electron chi connectivity index (χ0n) is 14.3. The third-order valence-corrected chi connectivity index (χ3v) is 6.83. The van der Waals surface area contributed by atoms with E-state index in [4.69, 9.17) is 4.74 Å². The molecule has 0 N–H and O–H groups in total. The van der Waals surface area contributed by atoms with Crippen molar-refractivity contribution in [1.29, 1.82) is 0 Å². The van der Waals surface area contributed by atoms with E-state index in [1.807, 2.05) is 13.0 Å². The molecular weight excluding hydrogens is 276 g/mol. The van der Waals surface area contributed by atoms with E-state index >= 15 is 0 Å². The largest absolute Gasteiger partial charge is 0.459 e. The van der Waals surface area contributed by atoms with Crippen LogP contribution < -0.4 is 0 Å². The molecule has 1 saturated heterocycles. The Labute approximate surface area is 133 Å². The van der Waals surface area contributed by atoms with Crippen LogP contribution in [0.3, 0.4) is 0 Å². The number of carbonyl (C=O) groups excluding carboxylic acids is 2. The van der Waals surface area contributed by atoms with Gasteiger partial charge < -0.3 is 4.74 Å². The molecule has 1 aliphatic heterocycles. The zero-order valence-corrected chi connectivity index (χ0v) is 14.3. The quantitative estimate of drug-likeness (QED) is 0.448. The monoisotopic (exact) mass is 304 g/mol. The van der Waals surface area contributed by atoms with Crippen LogP contribution in [0, 0.1) is 22.7 Å². The van der Waals surface area contributed by atoms with Crippen LogP contribution in [0.15, 0.2) is 11.6 Å². The molecule has 2 saturated carbocycles. The van der Waals surface area contributed by atoms with Crippen molar-refractivity contribution >= 4 is 12.3 Å². The minimum atomic E-state index is -0.347. The van der Waals surface area contributed by atoms with Gasteiger partial charge in [0.25, 0.3) is 0 Å². The summed E-state index contributed by atoms with van der Waals surface area (Å²) in [5, 5.41) is 0. The second kappa shape index (κ2) is 4.94. The highest BCUT2D eigenvalue weighted by atomic mass is 16.6. The number of fused-ring (bicyclic) bond motifs is 1. The summed E-state index contributed by atoms with van der Waals surface area (Å²) in [7, 11) is 0. The van der Waals surface area contributed by atoms with Gasteiger partial charge in [0.2, 0.25) is 0 Å². The molecule has 3 nitrogen and oxygen atoms in total. The second-order valence-electron chi connectivity index (χ2n) is 8.53. The first-order chi connectivity index (χ1) is 10.3. The van der Waals surface area contributed by atoms with E-state index in [-0.39, 0.29) is 28.3 Å². The van der Waals surface area contributed by atoms with Crippen LogP contribution in [0.5, 0.6) is 0 Å². The summed E-state index contributed by atoms with van der Waals surface area (Å²) in [5.74, 6) is 0.653. The molecule has 2 aliphatic carbocycles. The van der Waals surface area contributed by atoms with E-state index < -0.39 is 0 Å². The van der Waals surface area contributed by atoms with Gasteiger partial charge in [-0.1, -0.05) is 26.3 Å². The Kier molecular flexibility index (Phi) is 3.54.